The molecule has 112 valence electrons. The molecule has 0 aromatic rings. The van der Waals surface area contributed by atoms with Crippen LogP contribution in [0.15, 0.2) is 11.6 Å². The van der Waals surface area contributed by atoms with Crippen molar-refractivity contribution in [1.29, 1.82) is 0 Å². The second kappa shape index (κ2) is 4.70. The summed E-state index contributed by atoms with van der Waals surface area (Å²) in [6.07, 6.45) is 0.962. The fourth-order valence-corrected chi connectivity index (χ4v) is 2.46. The molecule has 0 aromatic heterocycles. The zero-order chi connectivity index (χ0) is 15.9. The normalized spacial score (nSPS) is 30.6. The molecule has 0 saturated heterocycles. The second-order valence-electron chi connectivity index (χ2n) is 6.79. The number of carbonyl (C=O) groups is 3. The average molecular weight is 283 g/mol. The number of hydrogen-bond donors (Lipinski definition) is 3. The number of hydrogen-bond acceptors (Lipinski definition) is 4. The number of Topliss-reactive ketones (excluding diaryl/α,β-unsaturated/α-hetero) is 1. The lowest BCUT2D eigenvalue weighted by atomic mass is 9.66. The molecular weight excluding hydrogens is 262 g/mol. The van der Waals surface area contributed by atoms with Gasteiger partial charge in [0.25, 0.3) is 0 Å². The summed E-state index contributed by atoms with van der Waals surface area (Å²) < 4.78 is 0. The van der Waals surface area contributed by atoms with E-state index in [1.54, 1.807) is 20.8 Å². The number of rotatable bonds is 3. The first-order valence-corrected chi connectivity index (χ1v) is 6.34. The van der Waals surface area contributed by atoms with Crippen LogP contribution in [-0.2, 0) is 14.4 Å². The minimum atomic E-state index is -1.74. The maximum atomic E-state index is 12.3. The van der Waals surface area contributed by atoms with Gasteiger partial charge >= 0.3 is 11.9 Å². The first-order chi connectivity index (χ1) is 8.82. The third-order valence-electron chi connectivity index (χ3n) is 3.57. The number of carboxylic acids is 2. The van der Waals surface area contributed by atoms with E-state index in [0.29, 0.717) is 0 Å². The molecule has 0 spiro atoms. The van der Waals surface area contributed by atoms with E-state index in [9.17, 15) is 24.6 Å². The number of carbonyl (C=O) groups excluding carboxylic acids is 1. The van der Waals surface area contributed by atoms with E-state index in [-0.39, 0.29) is 24.2 Å². The molecular formula is C14H21NO5. The van der Waals surface area contributed by atoms with Crippen LogP contribution in [0.1, 0.15) is 40.5 Å². The number of aliphatic carboxylic acids is 2. The van der Waals surface area contributed by atoms with Crippen molar-refractivity contribution in [2.75, 3.05) is 0 Å². The molecule has 0 amide bonds. The maximum absolute atomic E-state index is 12.3. The maximum Gasteiger partial charge on any atom is 0.324 e. The van der Waals surface area contributed by atoms with Crippen LogP contribution in [0.2, 0.25) is 0 Å². The summed E-state index contributed by atoms with van der Waals surface area (Å²) >= 11 is 0. The van der Waals surface area contributed by atoms with Gasteiger partial charge in [-0.15, -0.1) is 0 Å². The van der Waals surface area contributed by atoms with Crippen LogP contribution in [-0.4, -0.2) is 33.5 Å². The van der Waals surface area contributed by atoms with Crippen molar-refractivity contribution in [2.45, 2.75) is 46.1 Å². The average Bonchev–Trinajstić information content (AvgIpc) is 2.25. The lowest BCUT2D eigenvalue weighted by Gasteiger charge is -2.38. The topological polar surface area (TPSA) is 118 Å². The molecule has 0 bridgehead atoms. The Morgan fingerprint density at radius 1 is 1.20 bits per heavy atom. The molecule has 6 heteroatoms. The van der Waals surface area contributed by atoms with Crippen molar-refractivity contribution in [2.24, 2.45) is 16.6 Å². The van der Waals surface area contributed by atoms with Crippen LogP contribution in [0.4, 0.5) is 0 Å². The van der Waals surface area contributed by atoms with Crippen LogP contribution < -0.4 is 5.73 Å². The summed E-state index contributed by atoms with van der Waals surface area (Å²) in [7, 11) is 0. The Hall–Kier alpha value is -1.69. The molecule has 0 aliphatic heterocycles. The highest BCUT2D eigenvalue weighted by Gasteiger charge is 2.50. The predicted molar refractivity (Wildman–Crippen MR) is 72.1 cm³/mol. The van der Waals surface area contributed by atoms with E-state index in [1.807, 2.05) is 0 Å². The van der Waals surface area contributed by atoms with E-state index in [0.717, 1.165) is 0 Å². The van der Waals surface area contributed by atoms with Crippen LogP contribution in [0.5, 0.6) is 0 Å². The van der Waals surface area contributed by atoms with Gasteiger partial charge in [-0.3, -0.25) is 14.4 Å². The Labute approximate surface area is 117 Å². The van der Waals surface area contributed by atoms with Gasteiger partial charge in [-0.25, -0.2) is 0 Å². The van der Waals surface area contributed by atoms with E-state index >= 15 is 0 Å². The van der Waals surface area contributed by atoms with Gasteiger partial charge in [-0.05, 0) is 18.9 Å². The molecule has 2 unspecified atom stereocenters. The zero-order valence-corrected chi connectivity index (χ0v) is 12.2. The van der Waals surface area contributed by atoms with Crippen molar-refractivity contribution < 1.29 is 24.6 Å². The predicted octanol–water partition coefficient (Wildman–Crippen LogP) is 1.19. The van der Waals surface area contributed by atoms with Gasteiger partial charge in [0.05, 0.1) is 5.41 Å². The van der Waals surface area contributed by atoms with Crippen LogP contribution in [0, 0.1) is 10.8 Å². The summed E-state index contributed by atoms with van der Waals surface area (Å²) in [4.78, 5) is 35.1. The van der Waals surface area contributed by atoms with Crippen LogP contribution in [0.25, 0.3) is 0 Å². The molecule has 1 aliphatic carbocycles. The van der Waals surface area contributed by atoms with Crippen molar-refractivity contribution in [1.82, 2.24) is 0 Å². The Morgan fingerprint density at radius 2 is 1.70 bits per heavy atom. The Balaban J connectivity index is 3.36. The van der Waals surface area contributed by atoms with Crippen molar-refractivity contribution >= 4 is 17.7 Å². The van der Waals surface area contributed by atoms with Gasteiger partial charge < -0.3 is 15.9 Å². The Bertz CT molecular complexity index is 502. The highest BCUT2D eigenvalue weighted by Crippen LogP contribution is 2.41. The van der Waals surface area contributed by atoms with Crippen molar-refractivity contribution in [3.63, 3.8) is 0 Å². The molecule has 0 saturated carbocycles. The minimum Gasteiger partial charge on any atom is -0.481 e. The lowest BCUT2D eigenvalue weighted by molar-refractivity contribution is -0.150. The minimum absolute atomic E-state index is 0.151. The number of nitrogens with two attached hydrogens (primary N) is 1. The third kappa shape index (κ3) is 2.90. The van der Waals surface area contributed by atoms with Crippen molar-refractivity contribution in [3.8, 4) is 0 Å². The summed E-state index contributed by atoms with van der Waals surface area (Å²) in [5.41, 5.74) is 2.10. The Kier molecular flexibility index (Phi) is 3.84. The van der Waals surface area contributed by atoms with E-state index in [1.165, 1.54) is 13.0 Å². The fraction of sp³-hybridized carbons (Fsp3) is 0.643. The first-order valence-electron chi connectivity index (χ1n) is 6.34. The van der Waals surface area contributed by atoms with Gasteiger partial charge in [0.2, 0.25) is 0 Å². The van der Waals surface area contributed by atoms with E-state index in [4.69, 9.17) is 5.73 Å². The van der Waals surface area contributed by atoms with Crippen LogP contribution >= 0.6 is 0 Å². The lowest BCUT2D eigenvalue weighted by Crippen LogP contribution is -2.55. The highest BCUT2D eigenvalue weighted by atomic mass is 16.4. The monoisotopic (exact) mass is 283 g/mol. The van der Waals surface area contributed by atoms with E-state index in [2.05, 4.69) is 0 Å². The van der Waals surface area contributed by atoms with Gasteiger partial charge in [0.1, 0.15) is 5.54 Å². The molecule has 0 aromatic carbocycles. The summed E-state index contributed by atoms with van der Waals surface area (Å²) in [6, 6.07) is 0. The molecule has 0 radical (unpaired) electrons. The molecule has 1 aliphatic rings. The van der Waals surface area contributed by atoms with Crippen molar-refractivity contribution in [3.05, 3.63) is 11.6 Å². The zero-order valence-electron chi connectivity index (χ0n) is 12.2. The second-order valence-corrected chi connectivity index (χ2v) is 6.79. The SMILES string of the molecule is CC(C)(C)C(=O)C1=CC(C)(C(=O)O)CC(N)(C(=O)O)C1. The number of ketones is 1. The van der Waals surface area contributed by atoms with E-state index < -0.39 is 28.3 Å². The quantitative estimate of drug-likeness (QED) is 0.716. The van der Waals surface area contributed by atoms with Gasteiger partial charge in [-0.2, -0.15) is 0 Å². The Morgan fingerprint density at radius 3 is 2.05 bits per heavy atom. The molecule has 0 fully saturated rings. The van der Waals surface area contributed by atoms with Gasteiger partial charge in [-0.1, -0.05) is 26.8 Å². The fourth-order valence-electron chi connectivity index (χ4n) is 2.46. The molecule has 2 atom stereocenters. The molecule has 6 nitrogen and oxygen atoms in total. The highest BCUT2D eigenvalue weighted by molar-refractivity contribution is 6.01. The summed E-state index contributed by atoms with van der Waals surface area (Å²) in [6.45, 7) is 6.47. The summed E-state index contributed by atoms with van der Waals surface area (Å²) in [5, 5.41) is 18.6. The third-order valence-corrected chi connectivity index (χ3v) is 3.57. The molecule has 4 N–H and O–H groups in total. The molecule has 20 heavy (non-hydrogen) atoms. The summed E-state index contributed by atoms with van der Waals surface area (Å²) in [5.74, 6) is -2.76. The first kappa shape index (κ1) is 16.4. The largest absolute Gasteiger partial charge is 0.481 e. The standard InChI is InChI=1S/C14H21NO5/c1-12(2,3)9(16)8-5-13(4,10(17)18)7-14(15,6-8)11(19)20/h5H,6-7,15H2,1-4H3,(H,17,18)(H,19,20). The molecule has 0 heterocycles. The van der Waals surface area contributed by atoms with Gasteiger partial charge in [0, 0.05) is 11.8 Å². The van der Waals surface area contributed by atoms with Crippen LogP contribution in [0.3, 0.4) is 0 Å². The number of carboxylic acid groups (broad SMARTS) is 2. The molecule has 1 rings (SSSR count). The smallest absolute Gasteiger partial charge is 0.324 e. The van der Waals surface area contributed by atoms with Gasteiger partial charge in [0.15, 0.2) is 5.78 Å².